The van der Waals surface area contributed by atoms with E-state index in [0.29, 0.717) is 0 Å². The third-order valence-corrected chi connectivity index (χ3v) is 4.04. The van der Waals surface area contributed by atoms with E-state index in [0.717, 1.165) is 6.07 Å². The third-order valence-electron chi connectivity index (χ3n) is 4.04. The first-order valence-corrected chi connectivity index (χ1v) is 8.15. The molecule has 0 aromatic heterocycles. The summed E-state index contributed by atoms with van der Waals surface area (Å²) < 4.78 is 25.7. The van der Waals surface area contributed by atoms with Crippen LogP contribution in [0.1, 0.15) is 20.7 Å². The zero-order valence-corrected chi connectivity index (χ0v) is 16.5. The molecule has 2 aromatic rings. The highest BCUT2D eigenvalue weighted by molar-refractivity contribution is 6.10. The second-order valence-corrected chi connectivity index (χ2v) is 5.56. The van der Waals surface area contributed by atoms with Gasteiger partial charge in [-0.15, -0.1) is 0 Å². The smallest absolute Gasteiger partial charge is 0.338 e. The molecule has 10 nitrogen and oxygen atoms in total. The zero-order valence-electron chi connectivity index (χ0n) is 16.5. The minimum Gasteiger partial charge on any atom is -0.503 e. The molecule has 2 rings (SSSR count). The number of carbonyl (C=O) groups is 2. The summed E-state index contributed by atoms with van der Waals surface area (Å²) in [6.45, 7) is 0. The zero-order chi connectivity index (χ0) is 21.7. The number of phenolic OH excluding ortho intramolecular Hbond substituents is 1. The molecule has 0 radical (unpaired) electrons. The van der Waals surface area contributed by atoms with Crippen LogP contribution in [0.3, 0.4) is 0 Å². The van der Waals surface area contributed by atoms with E-state index in [9.17, 15) is 19.8 Å². The normalized spacial score (nSPS) is 10.1. The maximum Gasteiger partial charge on any atom is 0.338 e. The van der Waals surface area contributed by atoms with Crippen LogP contribution in [0.5, 0.6) is 34.5 Å². The number of carboxylic acid groups (broad SMARTS) is 1. The van der Waals surface area contributed by atoms with Crippen LogP contribution in [0, 0.1) is 0 Å². The number of aromatic carboxylic acids is 1. The molecule has 0 bridgehead atoms. The number of carbonyl (C=O) groups excluding carboxylic acids is 1. The minimum absolute atomic E-state index is 0.00631. The van der Waals surface area contributed by atoms with Crippen LogP contribution >= 0.6 is 0 Å². The van der Waals surface area contributed by atoms with Gasteiger partial charge in [0.15, 0.2) is 23.0 Å². The predicted octanol–water partition coefficient (Wildman–Crippen LogP) is 2.39. The minimum atomic E-state index is -1.39. The van der Waals surface area contributed by atoms with Crippen LogP contribution in [-0.4, -0.2) is 57.6 Å². The van der Waals surface area contributed by atoms with Gasteiger partial charge in [0.2, 0.25) is 11.5 Å². The second kappa shape index (κ2) is 8.91. The van der Waals surface area contributed by atoms with Gasteiger partial charge in [-0.3, -0.25) is 4.79 Å². The van der Waals surface area contributed by atoms with Crippen molar-refractivity contribution in [1.82, 2.24) is 0 Å². The van der Waals surface area contributed by atoms with E-state index in [2.05, 4.69) is 5.32 Å². The summed E-state index contributed by atoms with van der Waals surface area (Å²) in [5, 5.41) is 22.3. The average Bonchev–Trinajstić information content (AvgIpc) is 2.72. The molecule has 0 saturated carbocycles. The van der Waals surface area contributed by atoms with Crippen LogP contribution in [0.15, 0.2) is 18.2 Å². The number of phenols is 1. The Labute approximate surface area is 166 Å². The molecule has 2 aromatic carbocycles. The Kier molecular flexibility index (Phi) is 6.60. The summed E-state index contributed by atoms with van der Waals surface area (Å²) in [5.74, 6) is -2.10. The molecule has 0 aliphatic rings. The Morgan fingerprint density at radius 3 is 1.69 bits per heavy atom. The summed E-state index contributed by atoms with van der Waals surface area (Å²) in [4.78, 5) is 24.4. The van der Waals surface area contributed by atoms with E-state index >= 15 is 0 Å². The number of hydrogen-bond donors (Lipinski definition) is 3. The van der Waals surface area contributed by atoms with Gasteiger partial charge in [-0.25, -0.2) is 4.79 Å². The molecule has 1 amide bonds. The molecule has 0 aliphatic carbocycles. The fourth-order valence-corrected chi connectivity index (χ4v) is 2.67. The highest BCUT2D eigenvalue weighted by atomic mass is 16.5. The number of nitrogens with one attached hydrogen (secondary N) is 1. The molecule has 3 N–H and O–H groups in total. The Morgan fingerprint density at radius 1 is 0.793 bits per heavy atom. The lowest BCUT2D eigenvalue weighted by atomic mass is 10.1. The Balaban J connectivity index is 2.57. The second-order valence-electron chi connectivity index (χ2n) is 5.56. The SMILES string of the molecule is COc1cc(C(=O)Nc2c(C(=O)O)cc(OC)c(OC)c2O)cc(OC)c1OC. The topological polar surface area (TPSA) is 133 Å². The number of amides is 1. The van der Waals surface area contributed by atoms with Crippen molar-refractivity contribution in [2.75, 3.05) is 40.9 Å². The number of carboxylic acids is 1. The van der Waals surface area contributed by atoms with Gasteiger partial charge < -0.3 is 39.2 Å². The predicted molar refractivity (Wildman–Crippen MR) is 102 cm³/mol. The van der Waals surface area contributed by atoms with E-state index in [-0.39, 0.29) is 45.6 Å². The van der Waals surface area contributed by atoms with Crippen LogP contribution in [-0.2, 0) is 0 Å². The first-order valence-electron chi connectivity index (χ1n) is 8.15. The van der Waals surface area contributed by atoms with Gasteiger partial charge >= 0.3 is 5.97 Å². The fourth-order valence-electron chi connectivity index (χ4n) is 2.67. The molecule has 10 heteroatoms. The fraction of sp³-hybridized carbons (Fsp3) is 0.263. The molecular weight excluding hydrogens is 386 g/mol. The van der Waals surface area contributed by atoms with Gasteiger partial charge in [0, 0.05) is 11.6 Å². The van der Waals surface area contributed by atoms with E-state index in [4.69, 9.17) is 23.7 Å². The Hall–Kier alpha value is -3.82. The van der Waals surface area contributed by atoms with Gasteiger partial charge in [-0.2, -0.15) is 0 Å². The molecule has 0 fully saturated rings. The molecule has 156 valence electrons. The number of rotatable bonds is 8. The van der Waals surface area contributed by atoms with Gasteiger partial charge in [-0.1, -0.05) is 0 Å². The number of aromatic hydroxyl groups is 1. The van der Waals surface area contributed by atoms with E-state index in [1.54, 1.807) is 0 Å². The maximum absolute atomic E-state index is 12.8. The van der Waals surface area contributed by atoms with Crippen LogP contribution in [0.25, 0.3) is 0 Å². The number of benzene rings is 2. The maximum atomic E-state index is 12.8. The van der Waals surface area contributed by atoms with Crippen molar-refractivity contribution < 1.29 is 43.5 Å². The van der Waals surface area contributed by atoms with Crippen molar-refractivity contribution in [3.05, 3.63) is 29.3 Å². The van der Waals surface area contributed by atoms with Crippen molar-refractivity contribution in [1.29, 1.82) is 0 Å². The first kappa shape index (κ1) is 21.5. The number of hydrogen-bond acceptors (Lipinski definition) is 8. The van der Waals surface area contributed by atoms with Crippen molar-refractivity contribution in [3.63, 3.8) is 0 Å². The first-order chi connectivity index (χ1) is 13.8. The summed E-state index contributed by atoms with van der Waals surface area (Å²) in [5.41, 5.74) is -0.667. The highest BCUT2D eigenvalue weighted by Gasteiger charge is 2.25. The molecule has 0 spiro atoms. The van der Waals surface area contributed by atoms with Gasteiger partial charge in [0.25, 0.3) is 5.91 Å². The van der Waals surface area contributed by atoms with Crippen LogP contribution < -0.4 is 29.0 Å². The lowest BCUT2D eigenvalue weighted by Crippen LogP contribution is -2.16. The van der Waals surface area contributed by atoms with Crippen molar-refractivity contribution in [2.24, 2.45) is 0 Å². The van der Waals surface area contributed by atoms with Crippen LogP contribution in [0.4, 0.5) is 5.69 Å². The van der Waals surface area contributed by atoms with E-state index in [1.165, 1.54) is 47.7 Å². The van der Waals surface area contributed by atoms with Crippen molar-refractivity contribution in [3.8, 4) is 34.5 Å². The average molecular weight is 407 g/mol. The number of methoxy groups -OCH3 is 5. The number of ether oxygens (including phenoxy) is 5. The monoisotopic (exact) mass is 407 g/mol. The largest absolute Gasteiger partial charge is 0.503 e. The lowest BCUT2D eigenvalue weighted by molar-refractivity contribution is 0.0697. The molecule has 0 unspecified atom stereocenters. The van der Waals surface area contributed by atoms with E-state index in [1.807, 2.05) is 0 Å². The van der Waals surface area contributed by atoms with Gasteiger partial charge in [0.1, 0.15) is 5.69 Å². The molecule has 0 atom stereocenters. The molecule has 0 aliphatic heterocycles. The van der Waals surface area contributed by atoms with Gasteiger partial charge in [-0.05, 0) is 12.1 Å². The quantitative estimate of drug-likeness (QED) is 0.564. The highest BCUT2D eigenvalue weighted by Crippen LogP contribution is 2.45. The van der Waals surface area contributed by atoms with Crippen LogP contribution in [0.2, 0.25) is 0 Å². The third kappa shape index (κ3) is 4.05. The van der Waals surface area contributed by atoms with Gasteiger partial charge in [0.05, 0.1) is 41.1 Å². The Bertz CT molecular complexity index is 915. The van der Waals surface area contributed by atoms with E-state index < -0.39 is 17.6 Å². The summed E-state index contributed by atoms with van der Waals surface area (Å²) >= 11 is 0. The van der Waals surface area contributed by atoms with Crippen molar-refractivity contribution in [2.45, 2.75) is 0 Å². The Morgan fingerprint density at radius 2 is 1.28 bits per heavy atom. The molecule has 0 saturated heterocycles. The lowest BCUT2D eigenvalue weighted by Gasteiger charge is -2.17. The summed E-state index contributed by atoms with van der Waals surface area (Å²) in [7, 11) is 6.75. The number of anilines is 1. The summed E-state index contributed by atoms with van der Waals surface area (Å²) in [6.07, 6.45) is 0. The molecule has 0 heterocycles. The standard InChI is InChI=1S/C19H21NO9/c1-25-11-6-9(7-12(26-2)16(11)28-4)18(22)20-14-10(19(23)24)8-13(27-3)17(29-5)15(14)21/h6-8,21H,1-5H3,(H,20,22)(H,23,24). The molecular formula is C19H21NO9. The molecule has 29 heavy (non-hydrogen) atoms. The van der Waals surface area contributed by atoms with Crippen molar-refractivity contribution >= 4 is 17.6 Å². The summed E-state index contributed by atoms with van der Waals surface area (Å²) in [6, 6.07) is 3.90.